The molecular formula is C10H11N3O2. The van der Waals surface area contributed by atoms with Gasteiger partial charge in [-0.15, -0.1) is 0 Å². The van der Waals surface area contributed by atoms with Crippen LogP contribution >= 0.6 is 0 Å². The maximum atomic E-state index is 5.47. The highest BCUT2D eigenvalue weighted by Gasteiger charge is 2.15. The van der Waals surface area contributed by atoms with Crippen molar-refractivity contribution in [1.82, 2.24) is 9.97 Å². The second-order valence-electron chi connectivity index (χ2n) is 3.44. The van der Waals surface area contributed by atoms with Gasteiger partial charge in [-0.05, 0) is 6.54 Å². The lowest BCUT2D eigenvalue weighted by molar-refractivity contribution is 0.174. The zero-order valence-corrected chi connectivity index (χ0v) is 8.12. The van der Waals surface area contributed by atoms with Gasteiger partial charge >= 0.3 is 0 Å². The Morgan fingerprint density at radius 1 is 1.33 bits per heavy atom. The molecule has 0 atom stereocenters. The van der Waals surface area contributed by atoms with E-state index in [0.29, 0.717) is 6.54 Å². The van der Waals surface area contributed by atoms with E-state index in [1.54, 1.807) is 0 Å². The predicted molar refractivity (Wildman–Crippen MR) is 55.0 cm³/mol. The number of aromatic nitrogens is 2. The number of fused-ring (bicyclic) bond motifs is 2. The highest BCUT2D eigenvalue weighted by molar-refractivity contribution is 5.80. The summed E-state index contributed by atoms with van der Waals surface area (Å²) in [7, 11) is 0. The molecule has 0 amide bonds. The lowest BCUT2D eigenvalue weighted by Gasteiger charge is -1.93. The van der Waals surface area contributed by atoms with Crippen LogP contribution in [0.1, 0.15) is 5.82 Å². The summed E-state index contributed by atoms with van der Waals surface area (Å²) in [6.07, 6.45) is 0.751. The molecule has 0 aliphatic carbocycles. The van der Waals surface area contributed by atoms with Gasteiger partial charge in [0, 0.05) is 18.6 Å². The van der Waals surface area contributed by atoms with Gasteiger partial charge in [-0.3, -0.25) is 0 Å². The van der Waals surface area contributed by atoms with Gasteiger partial charge in [0.15, 0.2) is 11.5 Å². The number of ether oxygens (including phenoxy) is 2. The molecule has 0 saturated heterocycles. The molecule has 0 spiro atoms. The van der Waals surface area contributed by atoms with Crippen LogP contribution in [-0.2, 0) is 6.42 Å². The van der Waals surface area contributed by atoms with Crippen LogP contribution in [-0.4, -0.2) is 23.3 Å². The monoisotopic (exact) mass is 205 g/mol. The Bertz CT molecular complexity index is 466. The molecule has 5 nitrogen and oxygen atoms in total. The minimum absolute atomic E-state index is 0.289. The predicted octanol–water partition coefficient (Wildman–Crippen LogP) is 0.793. The lowest BCUT2D eigenvalue weighted by atomic mass is 10.3. The summed E-state index contributed by atoms with van der Waals surface area (Å²) in [5, 5.41) is 0. The molecule has 1 aliphatic rings. The van der Waals surface area contributed by atoms with E-state index < -0.39 is 0 Å². The van der Waals surface area contributed by atoms with Crippen molar-refractivity contribution in [2.24, 2.45) is 5.73 Å². The normalized spacial score (nSPS) is 13.7. The molecule has 3 rings (SSSR count). The zero-order valence-electron chi connectivity index (χ0n) is 8.12. The average Bonchev–Trinajstić information content (AvgIpc) is 2.78. The first-order chi connectivity index (χ1) is 7.36. The number of hydrogen-bond donors (Lipinski definition) is 2. The van der Waals surface area contributed by atoms with Gasteiger partial charge < -0.3 is 20.2 Å². The van der Waals surface area contributed by atoms with Crippen molar-refractivity contribution >= 4 is 11.0 Å². The second-order valence-corrected chi connectivity index (χ2v) is 3.44. The third-order valence-electron chi connectivity index (χ3n) is 2.41. The van der Waals surface area contributed by atoms with E-state index in [1.807, 2.05) is 12.1 Å². The number of imidazole rings is 1. The van der Waals surface area contributed by atoms with Crippen LogP contribution in [0.3, 0.4) is 0 Å². The minimum atomic E-state index is 0.289. The van der Waals surface area contributed by atoms with E-state index >= 15 is 0 Å². The van der Waals surface area contributed by atoms with Crippen LogP contribution in [0.4, 0.5) is 0 Å². The summed E-state index contributed by atoms with van der Waals surface area (Å²) in [4.78, 5) is 7.61. The van der Waals surface area contributed by atoms with Crippen molar-refractivity contribution in [2.45, 2.75) is 6.42 Å². The van der Waals surface area contributed by atoms with Crippen molar-refractivity contribution in [2.75, 3.05) is 13.3 Å². The van der Waals surface area contributed by atoms with Gasteiger partial charge in [0.2, 0.25) is 6.79 Å². The molecule has 1 aromatic heterocycles. The number of benzene rings is 1. The van der Waals surface area contributed by atoms with Crippen molar-refractivity contribution < 1.29 is 9.47 Å². The van der Waals surface area contributed by atoms with Crippen LogP contribution in [0.15, 0.2) is 12.1 Å². The van der Waals surface area contributed by atoms with Gasteiger partial charge in [0.1, 0.15) is 5.82 Å². The van der Waals surface area contributed by atoms with E-state index in [9.17, 15) is 0 Å². The van der Waals surface area contributed by atoms with E-state index in [2.05, 4.69) is 9.97 Å². The van der Waals surface area contributed by atoms with E-state index in [4.69, 9.17) is 15.2 Å². The Labute approximate surface area is 86.2 Å². The minimum Gasteiger partial charge on any atom is -0.454 e. The quantitative estimate of drug-likeness (QED) is 0.760. The van der Waals surface area contributed by atoms with Crippen LogP contribution in [0, 0.1) is 0 Å². The van der Waals surface area contributed by atoms with Crippen molar-refractivity contribution in [1.29, 1.82) is 0 Å². The number of aromatic amines is 1. The SMILES string of the molecule is NCCc1nc2cc3c(cc2[nH]1)OCO3. The van der Waals surface area contributed by atoms with Crippen LogP contribution in [0.2, 0.25) is 0 Å². The topological polar surface area (TPSA) is 73.2 Å². The number of rotatable bonds is 2. The molecule has 78 valence electrons. The van der Waals surface area contributed by atoms with Crippen LogP contribution in [0.5, 0.6) is 11.5 Å². The molecule has 0 radical (unpaired) electrons. The maximum Gasteiger partial charge on any atom is 0.231 e. The molecule has 1 aromatic carbocycles. The smallest absolute Gasteiger partial charge is 0.231 e. The molecule has 15 heavy (non-hydrogen) atoms. The summed E-state index contributed by atoms with van der Waals surface area (Å²) in [6.45, 7) is 0.879. The maximum absolute atomic E-state index is 5.47. The molecule has 0 unspecified atom stereocenters. The Balaban J connectivity index is 2.12. The molecule has 2 heterocycles. The molecule has 5 heteroatoms. The highest BCUT2D eigenvalue weighted by atomic mass is 16.7. The van der Waals surface area contributed by atoms with Crippen LogP contribution < -0.4 is 15.2 Å². The zero-order chi connectivity index (χ0) is 10.3. The lowest BCUT2D eigenvalue weighted by Crippen LogP contribution is -2.03. The number of nitrogens with two attached hydrogens (primary N) is 1. The highest BCUT2D eigenvalue weighted by Crippen LogP contribution is 2.35. The fraction of sp³-hybridized carbons (Fsp3) is 0.300. The summed E-state index contributed by atoms with van der Waals surface area (Å²) in [5.41, 5.74) is 7.32. The first kappa shape index (κ1) is 8.55. The second kappa shape index (κ2) is 3.13. The standard InChI is InChI=1S/C10H11N3O2/c11-2-1-10-12-6-3-8-9(15-5-14-8)4-7(6)13-10/h3-4H,1-2,5,11H2,(H,12,13). The van der Waals surface area contributed by atoms with Gasteiger partial charge in [-0.1, -0.05) is 0 Å². The van der Waals surface area contributed by atoms with Gasteiger partial charge in [0.25, 0.3) is 0 Å². The molecule has 0 fully saturated rings. The first-order valence-corrected chi connectivity index (χ1v) is 4.85. The summed E-state index contributed by atoms with van der Waals surface area (Å²) < 4.78 is 10.6. The average molecular weight is 205 g/mol. The molecular weight excluding hydrogens is 194 g/mol. The van der Waals surface area contributed by atoms with E-state index in [-0.39, 0.29) is 6.79 Å². The Hall–Kier alpha value is -1.75. The first-order valence-electron chi connectivity index (χ1n) is 4.85. The van der Waals surface area contributed by atoms with Crippen LogP contribution in [0.25, 0.3) is 11.0 Å². The molecule has 0 bridgehead atoms. The third kappa shape index (κ3) is 1.32. The number of nitrogens with zero attached hydrogens (tertiary/aromatic N) is 1. The van der Waals surface area contributed by atoms with Gasteiger partial charge in [0.05, 0.1) is 11.0 Å². The largest absolute Gasteiger partial charge is 0.454 e. The molecule has 0 saturated carbocycles. The molecule has 2 aromatic rings. The number of hydrogen-bond acceptors (Lipinski definition) is 4. The Morgan fingerprint density at radius 2 is 2.13 bits per heavy atom. The number of nitrogens with one attached hydrogen (secondary N) is 1. The van der Waals surface area contributed by atoms with Crippen molar-refractivity contribution in [3.63, 3.8) is 0 Å². The Morgan fingerprint density at radius 3 is 2.93 bits per heavy atom. The third-order valence-corrected chi connectivity index (χ3v) is 2.41. The van der Waals surface area contributed by atoms with E-state index in [0.717, 1.165) is 34.8 Å². The Kier molecular flexibility index (Phi) is 1.78. The summed E-state index contributed by atoms with van der Waals surface area (Å²) in [5.74, 6) is 2.43. The van der Waals surface area contributed by atoms with Gasteiger partial charge in [-0.2, -0.15) is 0 Å². The van der Waals surface area contributed by atoms with Crippen molar-refractivity contribution in [3.05, 3.63) is 18.0 Å². The van der Waals surface area contributed by atoms with Crippen molar-refractivity contribution in [3.8, 4) is 11.5 Å². The fourth-order valence-corrected chi connectivity index (χ4v) is 1.71. The summed E-state index contributed by atoms with van der Waals surface area (Å²) in [6, 6.07) is 3.79. The molecule has 3 N–H and O–H groups in total. The molecule has 1 aliphatic heterocycles. The number of H-pyrrole nitrogens is 1. The van der Waals surface area contributed by atoms with Gasteiger partial charge in [-0.25, -0.2) is 4.98 Å². The fourth-order valence-electron chi connectivity index (χ4n) is 1.71. The summed E-state index contributed by atoms with van der Waals surface area (Å²) >= 11 is 0. The van der Waals surface area contributed by atoms with E-state index in [1.165, 1.54) is 0 Å².